The average molecular weight is 573 g/mol. The van der Waals surface area contributed by atoms with E-state index in [4.69, 9.17) is 9.47 Å². The van der Waals surface area contributed by atoms with Crippen molar-refractivity contribution in [1.29, 1.82) is 0 Å². The molecule has 2 aromatic carbocycles. The summed E-state index contributed by atoms with van der Waals surface area (Å²) in [5.74, 6) is 0.750. The van der Waals surface area contributed by atoms with Crippen LogP contribution in [0.2, 0.25) is 0 Å². The number of piperidine rings is 1. The van der Waals surface area contributed by atoms with Gasteiger partial charge in [-0.3, -0.25) is 19.8 Å². The second-order valence-electron chi connectivity index (χ2n) is 10.5. The molecule has 4 rings (SSSR count). The fraction of sp³-hybridized carbons (Fsp3) is 0.364. The minimum Gasteiger partial charge on any atom is -0.490 e. The number of hydrogen-bond donors (Lipinski definition) is 0. The quantitative estimate of drug-likeness (QED) is 0.136. The molecule has 2 saturated heterocycles. The van der Waals surface area contributed by atoms with Crippen LogP contribution in [0.25, 0.3) is 0 Å². The van der Waals surface area contributed by atoms with Crippen molar-refractivity contribution in [3.63, 3.8) is 0 Å². The van der Waals surface area contributed by atoms with Crippen LogP contribution in [0.3, 0.4) is 0 Å². The summed E-state index contributed by atoms with van der Waals surface area (Å²) in [5.41, 5.74) is 1.71. The van der Waals surface area contributed by atoms with Crippen molar-refractivity contribution in [2.45, 2.75) is 30.8 Å². The third-order valence-corrected chi connectivity index (χ3v) is 8.20. The van der Waals surface area contributed by atoms with Crippen LogP contribution in [0.1, 0.15) is 24.8 Å². The smallest absolute Gasteiger partial charge is 0.311 e. The van der Waals surface area contributed by atoms with E-state index in [9.17, 15) is 14.9 Å². The van der Waals surface area contributed by atoms with Crippen LogP contribution in [0.5, 0.6) is 11.5 Å². The van der Waals surface area contributed by atoms with Crippen molar-refractivity contribution < 1.29 is 19.2 Å². The highest BCUT2D eigenvalue weighted by atomic mass is 16.6. The van der Waals surface area contributed by atoms with Gasteiger partial charge in [-0.05, 0) is 23.8 Å². The van der Waals surface area contributed by atoms with Crippen LogP contribution in [-0.4, -0.2) is 72.5 Å². The van der Waals surface area contributed by atoms with Gasteiger partial charge in [-0.25, -0.2) is 0 Å². The van der Waals surface area contributed by atoms with Crippen molar-refractivity contribution in [3.8, 4) is 11.5 Å². The Balaban J connectivity index is 1.19. The molecule has 2 aromatic rings. The van der Waals surface area contributed by atoms with Gasteiger partial charge in [0.2, 0.25) is 11.7 Å². The summed E-state index contributed by atoms with van der Waals surface area (Å²) in [6.07, 6.45) is 8.54. The van der Waals surface area contributed by atoms with Gasteiger partial charge in [-0.1, -0.05) is 36.9 Å². The Morgan fingerprint density at radius 3 is 2.17 bits per heavy atom. The highest BCUT2D eigenvalue weighted by molar-refractivity contribution is 5.76. The molecular formula is C33H40N4O5. The lowest BCUT2D eigenvalue weighted by Gasteiger charge is -2.37. The maximum Gasteiger partial charge on any atom is 0.311 e. The van der Waals surface area contributed by atoms with Crippen molar-refractivity contribution in [2.75, 3.05) is 50.7 Å². The second-order valence-corrected chi connectivity index (χ2v) is 10.5. The Kier molecular flexibility index (Phi) is 10.2. The molecular weight excluding hydrogens is 532 g/mol. The molecule has 0 bridgehead atoms. The number of nitrogens with zero attached hydrogens (tertiary/aromatic N) is 4. The molecule has 222 valence electrons. The molecule has 0 radical (unpaired) electrons. The number of anilines is 1. The first kappa shape index (κ1) is 30.6. The SMILES string of the molecule is C=COc1cc(OC2CCN(C(=O)CCN3CCN(c4ccc(C(C=C)(C=C)C=C)cc4)CC3)CC2)ccc1[N+](=O)[O-]. The molecule has 2 heterocycles. The Labute approximate surface area is 248 Å². The van der Waals surface area contributed by atoms with E-state index >= 15 is 0 Å². The van der Waals surface area contributed by atoms with Crippen LogP contribution in [0, 0.1) is 10.1 Å². The molecule has 1 amide bonds. The number of amides is 1. The summed E-state index contributed by atoms with van der Waals surface area (Å²) in [5, 5.41) is 11.2. The van der Waals surface area contributed by atoms with E-state index in [1.54, 1.807) is 6.07 Å². The van der Waals surface area contributed by atoms with E-state index in [-0.39, 0.29) is 23.4 Å². The number of piperazine rings is 1. The lowest BCUT2D eigenvalue weighted by atomic mass is 9.81. The molecule has 9 heteroatoms. The molecule has 0 unspecified atom stereocenters. The summed E-state index contributed by atoms with van der Waals surface area (Å²) in [4.78, 5) is 30.3. The van der Waals surface area contributed by atoms with E-state index in [1.807, 2.05) is 23.1 Å². The zero-order chi connectivity index (χ0) is 30.1. The Morgan fingerprint density at radius 2 is 1.60 bits per heavy atom. The first-order valence-electron chi connectivity index (χ1n) is 14.3. The number of hydrogen-bond acceptors (Lipinski definition) is 7. The number of carbonyl (C=O) groups excluding carboxylic acids is 1. The normalized spacial score (nSPS) is 16.4. The minimum absolute atomic E-state index is 0.0732. The molecule has 9 nitrogen and oxygen atoms in total. The maximum atomic E-state index is 12.9. The first-order valence-corrected chi connectivity index (χ1v) is 14.3. The molecule has 0 spiro atoms. The van der Waals surface area contributed by atoms with Gasteiger partial charge in [0.1, 0.15) is 11.9 Å². The molecule has 2 fully saturated rings. The number of ether oxygens (including phenoxy) is 2. The Morgan fingerprint density at radius 1 is 0.952 bits per heavy atom. The van der Waals surface area contributed by atoms with Gasteiger partial charge in [0.25, 0.3) is 0 Å². The molecule has 0 aliphatic carbocycles. The van der Waals surface area contributed by atoms with E-state index in [0.717, 1.165) is 44.5 Å². The standard InChI is InChI=1S/C33H40N4O5/c1-5-33(6-2,7-3)26-9-11-27(12-10-26)35-23-21-34(22-24-35)18-17-32(38)36-19-15-28(16-20-36)42-29-13-14-30(37(39)40)31(25-29)41-8-4/h5-14,25,28H,1-4,15-24H2. The summed E-state index contributed by atoms with van der Waals surface area (Å²) in [6, 6.07) is 12.9. The fourth-order valence-corrected chi connectivity index (χ4v) is 5.52. The number of carbonyl (C=O) groups is 1. The number of nitro benzene ring substituents is 1. The van der Waals surface area contributed by atoms with Gasteiger partial charge in [0, 0.05) is 88.3 Å². The van der Waals surface area contributed by atoms with Crippen LogP contribution in [-0.2, 0) is 10.2 Å². The average Bonchev–Trinajstić information content (AvgIpc) is 3.02. The molecule has 0 saturated carbocycles. The summed E-state index contributed by atoms with van der Waals surface area (Å²) < 4.78 is 11.2. The molecule has 0 atom stereocenters. The fourth-order valence-electron chi connectivity index (χ4n) is 5.52. The number of likely N-dealkylation sites (tertiary alicyclic amines) is 1. The van der Waals surface area contributed by atoms with Gasteiger partial charge in [-0.15, -0.1) is 19.7 Å². The number of benzene rings is 2. The van der Waals surface area contributed by atoms with Crippen LogP contribution in [0.4, 0.5) is 11.4 Å². The van der Waals surface area contributed by atoms with Crippen LogP contribution >= 0.6 is 0 Å². The van der Waals surface area contributed by atoms with Crippen molar-refractivity contribution in [3.05, 3.63) is 109 Å². The molecule has 2 aliphatic heterocycles. The number of rotatable bonds is 13. The number of allylic oxidation sites excluding steroid dienone is 3. The molecule has 42 heavy (non-hydrogen) atoms. The van der Waals surface area contributed by atoms with Gasteiger partial charge in [0.15, 0.2) is 0 Å². The second kappa shape index (κ2) is 14.0. The summed E-state index contributed by atoms with van der Waals surface area (Å²) in [7, 11) is 0. The van der Waals surface area contributed by atoms with E-state index in [1.165, 1.54) is 17.8 Å². The third kappa shape index (κ3) is 7.09. The van der Waals surface area contributed by atoms with Crippen LogP contribution < -0.4 is 14.4 Å². The van der Waals surface area contributed by atoms with Gasteiger partial charge in [0.05, 0.1) is 11.2 Å². The van der Waals surface area contributed by atoms with Gasteiger partial charge in [-0.2, -0.15) is 0 Å². The molecule has 2 aliphatic rings. The monoisotopic (exact) mass is 572 g/mol. The maximum absolute atomic E-state index is 12.9. The van der Waals surface area contributed by atoms with Crippen LogP contribution in [0.15, 0.2) is 93.3 Å². The first-order chi connectivity index (χ1) is 20.3. The van der Waals surface area contributed by atoms with Crippen molar-refractivity contribution >= 4 is 17.3 Å². The Hall–Kier alpha value is -4.37. The predicted molar refractivity (Wildman–Crippen MR) is 166 cm³/mol. The van der Waals surface area contributed by atoms with E-state index < -0.39 is 10.3 Å². The van der Waals surface area contributed by atoms with Crippen molar-refractivity contribution in [2.24, 2.45) is 0 Å². The highest BCUT2D eigenvalue weighted by Gasteiger charge is 2.26. The summed E-state index contributed by atoms with van der Waals surface area (Å²) >= 11 is 0. The Bertz CT molecular complexity index is 1270. The topological polar surface area (TPSA) is 88.4 Å². The predicted octanol–water partition coefficient (Wildman–Crippen LogP) is 5.50. The summed E-state index contributed by atoms with van der Waals surface area (Å²) in [6.45, 7) is 21.0. The number of nitro groups is 1. The van der Waals surface area contributed by atoms with Crippen molar-refractivity contribution in [1.82, 2.24) is 9.80 Å². The van der Waals surface area contributed by atoms with E-state index in [0.29, 0.717) is 38.1 Å². The van der Waals surface area contributed by atoms with Gasteiger partial charge < -0.3 is 19.3 Å². The highest BCUT2D eigenvalue weighted by Crippen LogP contribution is 2.33. The molecule has 0 N–H and O–H groups in total. The zero-order valence-electron chi connectivity index (χ0n) is 24.2. The largest absolute Gasteiger partial charge is 0.490 e. The van der Waals surface area contributed by atoms with Gasteiger partial charge >= 0.3 is 5.69 Å². The third-order valence-electron chi connectivity index (χ3n) is 8.20. The lowest BCUT2D eigenvalue weighted by molar-refractivity contribution is -0.385. The molecule has 0 aromatic heterocycles. The zero-order valence-corrected chi connectivity index (χ0v) is 24.2. The van der Waals surface area contributed by atoms with E-state index in [2.05, 4.69) is 60.4 Å². The lowest BCUT2D eigenvalue weighted by Crippen LogP contribution is -2.48. The minimum atomic E-state index is -0.507.